The van der Waals surface area contributed by atoms with E-state index >= 15 is 0 Å². The Labute approximate surface area is 174 Å². The largest absolute Gasteiger partial charge is 0.360 e. The number of carbonyl (C=O) groups is 1. The molecule has 7 heteroatoms. The van der Waals surface area contributed by atoms with E-state index in [2.05, 4.69) is 15.5 Å². The minimum atomic E-state index is -0.203. The molecule has 0 atom stereocenters. The van der Waals surface area contributed by atoms with Gasteiger partial charge in [0.1, 0.15) is 5.56 Å². The van der Waals surface area contributed by atoms with Crippen molar-refractivity contribution in [1.29, 1.82) is 0 Å². The van der Waals surface area contributed by atoms with Crippen molar-refractivity contribution in [1.82, 2.24) is 25.2 Å². The predicted octanol–water partition coefficient (Wildman–Crippen LogP) is 4.28. The first-order valence-corrected chi connectivity index (χ1v) is 9.83. The third kappa shape index (κ3) is 3.87. The molecule has 4 rings (SSSR count). The van der Waals surface area contributed by atoms with E-state index < -0.39 is 0 Å². The Morgan fingerprint density at radius 3 is 2.57 bits per heavy atom. The summed E-state index contributed by atoms with van der Waals surface area (Å²) in [6, 6.07) is 13.7. The summed E-state index contributed by atoms with van der Waals surface area (Å²) in [5.74, 6) is 0.463. The van der Waals surface area contributed by atoms with Crippen molar-refractivity contribution in [2.45, 2.75) is 33.2 Å². The Hall–Kier alpha value is -3.74. The molecule has 1 N–H and O–H groups in total. The van der Waals surface area contributed by atoms with Crippen molar-refractivity contribution >= 4 is 5.91 Å². The zero-order chi connectivity index (χ0) is 21.1. The van der Waals surface area contributed by atoms with Crippen LogP contribution in [0.15, 0.2) is 65.6 Å². The van der Waals surface area contributed by atoms with Gasteiger partial charge in [0.2, 0.25) is 0 Å². The molecule has 0 unspecified atom stereocenters. The fourth-order valence-electron chi connectivity index (χ4n) is 3.33. The Balaban J connectivity index is 1.64. The molecule has 3 aromatic heterocycles. The van der Waals surface area contributed by atoms with E-state index in [1.807, 2.05) is 67.2 Å². The second-order valence-electron chi connectivity index (χ2n) is 7.36. The normalized spacial score (nSPS) is 11.1. The first-order chi connectivity index (χ1) is 14.5. The quantitative estimate of drug-likeness (QED) is 0.521. The smallest absolute Gasteiger partial charge is 0.257 e. The number of aromatic nitrogens is 4. The number of nitrogens with zero attached hydrogens (tertiary/aromatic N) is 4. The van der Waals surface area contributed by atoms with Crippen LogP contribution in [-0.4, -0.2) is 25.8 Å². The number of benzene rings is 1. The molecule has 0 aliphatic rings. The molecule has 30 heavy (non-hydrogen) atoms. The molecular formula is C23H23N5O2. The molecule has 0 aliphatic heterocycles. The number of aryl methyl sites for hydroxylation is 1. The molecule has 0 fully saturated rings. The van der Waals surface area contributed by atoms with Crippen molar-refractivity contribution in [3.63, 3.8) is 0 Å². The number of pyridine rings is 1. The minimum absolute atomic E-state index is 0.0696. The number of carbonyl (C=O) groups excluding carboxylic acids is 1. The summed E-state index contributed by atoms with van der Waals surface area (Å²) in [6.45, 7) is 6.05. The Morgan fingerprint density at radius 1 is 1.13 bits per heavy atom. The molecule has 7 nitrogen and oxygen atoms in total. The standard InChI is InChI=1S/C23H23N5O2/c1-15(2)22-20(16(3)27-30-22)23(29)25-13-18-14-28(19-7-5-4-6-8-19)26-21(18)17-9-11-24-12-10-17/h4-12,14-15H,13H2,1-3H3,(H,25,29). The van der Waals surface area contributed by atoms with Gasteiger partial charge in [0.15, 0.2) is 5.76 Å². The summed E-state index contributed by atoms with van der Waals surface area (Å²) in [7, 11) is 0. The second-order valence-corrected chi connectivity index (χ2v) is 7.36. The lowest BCUT2D eigenvalue weighted by Crippen LogP contribution is -2.24. The third-order valence-corrected chi connectivity index (χ3v) is 4.84. The van der Waals surface area contributed by atoms with Crippen LogP contribution in [-0.2, 0) is 6.54 Å². The summed E-state index contributed by atoms with van der Waals surface area (Å²) >= 11 is 0. The van der Waals surface area contributed by atoms with Crippen LogP contribution < -0.4 is 5.32 Å². The second kappa shape index (κ2) is 8.32. The average molecular weight is 401 g/mol. The maximum Gasteiger partial charge on any atom is 0.257 e. The van der Waals surface area contributed by atoms with Gasteiger partial charge in [0.05, 0.1) is 17.1 Å². The number of amides is 1. The van der Waals surface area contributed by atoms with Gasteiger partial charge in [-0.3, -0.25) is 9.78 Å². The van der Waals surface area contributed by atoms with Gasteiger partial charge in [0.25, 0.3) is 5.91 Å². The van der Waals surface area contributed by atoms with Gasteiger partial charge < -0.3 is 9.84 Å². The zero-order valence-electron chi connectivity index (χ0n) is 17.2. The summed E-state index contributed by atoms with van der Waals surface area (Å²) in [5.41, 5.74) is 4.68. The highest BCUT2D eigenvalue weighted by Crippen LogP contribution is 2.25. The molecule has 0 radical (unpaired) electrons. The van der Waals surface area contributed by atoms with Gasteiger partial charge in [-0.25, -0.2) is 4.68 Å². The molecule has 0 bridgehead atoms. The van der Waals surface area contributed by atoms with Crippen LogP contribution in [0.25, 0.3) is 16.9 Å². The van der Waals surface area contributed by atoms with Gasteiger partial charge in [0, 0.05) is 42.2 Å². The summed E-state index contributed by atoms with van der Waals surface area (Å²) in [5, 5.41) is 11.7. The molecule has 1 amide bonds. The van der Waals surface area contributed by atoms with Crippen molar-refractivity contribution < 1.29 is 9.32 Å². The molecule has 0 saturated carbocycles. The topological polar surface area (TPSA) is 85.8 Å². The van der Waals surface area contributed by atoms with Gasteiger partial charge in [-0.2, -0.15) is 5.10 Å². The van der Waals surface area contributed by atoms with Crippen molar-refractivity contribution in [2.75, 3.05) is 0 Å². The van der Waals surface area contributed by atoms with E-state index in [4.69, 9.17) is 9.62 Å². The van der Waals surface area contributed by atoms with E-state index in [0.29, 0.717) is 23.6 Å². The molecule has 0 saturated heterocycles. The Bertz CT molecular complexity index is 1150. The number of hydrogen-bond acceptors (Lipinski definition) is 5. The van der Waals surface area contributed by atoms with Gasteiger partial charge in [-0.1, -0.05) is 37.2 Å². The van der Waals surface area contributed by atoms with Crippen LogP contribution in [0, 0.1) is 6.92 Å². The van der Waals surface area contributed by atoms with Gasteiger partial charge in [-0.15, -0.1) is 0 Å². The SMILES string of the molecule is Cc1noc(C(C)C)c1C(=O)NCc1cn(-c2ccccc2)nc1-c1ccncc1. The fourth-order valence-corrected chi connectivity index (χ4v) is 3.33. The highest BCUT2D eigenvalue weighted by molar-refractivity contribution is 5.96. The number of nitrogens with one attached hydrogen (secondary N) is 1. The maximum atomic E-state index is 12.9. The van der Waals surface area contributed by atoms with Gasteiger partial charge >= 0.3 is 0 Å². The lowest BCUT2D eigenvalue weighted by Gasteiger charge is -2.07. The average Bonchev–Trinajstić information content (AvgIpc) is 3.37. The van der Waals surface area contributed by atoms with Crippen LogP contribution in [0.2, 0.25) is 0 Å². The Morgan fingerprint density at radius 2 is 1.87 bits per heavy atom. The monoisotopic (exact) mass is 401 g/mol. The van der Waals surface area contributed by atoms with Crippen LogP contribution in [0.5, 0.6) is 0 Å². The van der Waals surface area contributed by atoms with Crippen molar-refractivity contribution in [2.24, 2.45) is 0 Å². The zero-order valence-corrected chi connectivity index (χ0v) is 17.2. The lowest BCUT2D eigenvalue weighted by atomic mass is 10.0. The van der Waals surface area contributed by atoms with Crippen LogP contribution in [0.4, 0.5) is 0 Å². The lowest BCUT2D eigenvalue weighted by molar-refractivity contribution is 0.0948. The molecule has 0 spiro atoms. The summed E-state index contributed by atoms with van der Waals surface area (Å²) in [4.78, 5) is 17.0. The molecule has 4 aromatic rings. The molecule has 0 aliphatic carbocycles. The van der Waals surface area contributed by atoms with Gasteiger partial charge in [-0.05, 0) is 31.2 Å². The molecular weight excluding hydrogens is 378 g/mol. The van der Waals surface area contributed by atoms with Crippen molar-refractivity contribution in [3.8, 4) is 16.9 Å². The van der Waals surface area contributed by atoms with Crippen molar-refractivity contribution in [3.05, 3.63) is 83.6 Å². The number of rotatable bonds is 6. The van der Waals surface area contributed by atoms with E-state index in [9.17, 15) is 4.79 Å². The highest BCUT2D eigenvalue weighted by atomic mass is 16.5. The maximum absolute atomic E-state index is 12.9. The van der Waals surface area contributed by atoms with E-state index in [1.165, 1.54) is 0 Å². The number of hydrogen-bond donors (Lipinski definition) is 1. The van der Waals surface area contributed by atoms with Crippen LogP contribution in [0.3, 0.4) is 0 Å². The summed E-state index contributed by atoms with van der Waals surface area (Å²) in [6.07, 6.45) is 5.40. The number of para-hydroxylation sites is 1. The highest BCUT2D eigenvalue weighted by Gasteiger charge is 2.23. The fraction of sp³-hybridized carbons (Fsp3) is 0.217. The summed E-state index contributed by atoms with van der Waals surface area (Å²) < 4.78 is 7.17. The molecule has 3 heterocycles. The van der Waals surface area contributed by atoms with E-state index in [-0.39, 0.29) is 11.8 Å². The van der Waals surface area contributed by atoms with E-state index in [1.54, 1.807) is 19.3 Å². The predicted molar refractivity (Wildman–Crippen MR) is 113 cm³/mol. The molecule has 1 aromatic carbocycles. The van der Waals surface area contributed by atoms with Crippen LogP contribution in [0.1, 0.15) is 47.1 Å². The first kappa shape index (κ1) is 19.6. The Kier molecular flexibility index (Phi) is 5.43. The third-order valence-electron chi connectivity index (χ3n) is 4.84. The van der Waals surface area contributed by atoms with E-state index in [0.717, 1.165) is 22.5 Å². The van der Waals surface area contributed by atoms with Crippen LogP contribution >= 0.6 is 0 Å². The molecule has 152 valence electrons. The first-order valence-electron chi connectivity index (χ1n) is 9.83. The minimum Gasteiger partial charge on any atom is -0.360 e.